The van der Waals surface area contributed by atoms with Crippen LogP contribution in [0.2, 0.25) is 0 Å². The molecule has 0 saturated carbocycles. The van der Waals surface area contributed by atoms with Crippen molar-refractivity contribution in [1.82, 2.24) is 0 Å². The van der Waals surface area contributed by atoms with Crippen molar-refractivity contribution in [3.8, 4) is 0 Å². The lowest BCUT2D eigenvalue weighted by atomic mass is 9.99. The van der Waals surface area contributed by atoms with Crippen molar-refractivity contribution in [2.24, 2.45) is 0 Å². The molecule has 0 amide bonds. The zero-order chi connectivity index (χ0) is 14.7. The van der Waals surface area contributed by atoms with E-state index in [-0.39, 0.29) is 0 Å². The third kappa shape index (κ3) is 2.94. The van der Waals surface area contributed by atoms with E-state index in [1.54, 1.807) is 7.11 Å². The van der Waals surface area contributed by atoms with Crippen LogP contribution in [0.3, 0.4) is 0 Å². The second-order valence-corrected chi connectivity index (χ2v) is 5.28. The van der Waals surface area contributed by atoms with Crippen LogP contribution in [0.1, 0.15) is 25.3 Å². The monoisotopic (exact) mass is 280 g/mol. The first kappa shape index (κ1) is 13.7. The lowest BCUT2D eigenvalue weighted by Gasteiger charge is -2.20. The van der Waals surface area contributed by atoms with Gasteiger partial charge in [-0.15, -0.1) is 0 Å². The summed E-state index contributed by atoms with van der Waals surface area (Å²) in [5.41, 5.74) is 2.49. The molecule has 3 rings (SSSR count). The molecule has 2 nitrogen and oxygen atoms in total. The van der Waals surface area contributed by atoms with E-state index >= 15 is 0 Å². The summed E-state index contributed by atoms with van der Waals surface area (Å²) in [5.74, 6) is 1.66. The fourth-order valence-electron chi connectivity index (χ4n) is 2.70. The third-order valence-electron chi connectivity index (χ3n) is 3.85. The highest BCUT2D eigenvalue weighted by atomic mass is 16.7. The van der Waals surface area contributed by atoms with Gasteiger partial charge in [-0.1, -0.05) is 49.4 Å². The predicted molar refractivity (Wildman–Crippen MR) is 85.8 cm³/mol. The van der Waals surface area contributed by atoms with Crippen LogP contribution in [0.4, 0.5) is 0 Å². The summed E-state index contributed by atoms with van der Waals surface area (Å²) in [6.07, 6.45) is 4.82. The van der Waals surface area contributed by atoms with Gasteiger partial charge in [0, 0.05) is 18.4 Å². The molecule has 1 aliphatic rings. The number of hydrogen-bond acceptors (Lipinski definition) is 2. The summed E-state index contributed by atoms with van der Waals surface area (Å²) in [7, 11) is 1.67. The molecule has 0 aliphatic carbocycles. The lowest BCUT2D eigenvalue weighted by molar-refractivity contribution is 0.0896. The molecule has 0 fully saturated rings. The normalized spacial score (nSPS) is 14.9. The van der Waals surface area contributed by atoms with Crippen LogP contribution in [0.25, 0.3) is 10.8 Å². The average Bonchev–Trinajstić information content (AvgIpc) is 2.55. The Bertz CT molecular complexity index is 710. The molecule has 0 atom stereocenters. The van der Waals surface area contributed by atoms with Gasteiger partial charge in [-0.05, 0) is 28.8 Å². The second-order valence-electron chi connectivity index (χ2n) is 5.28. The SMILES string of the molecule is CCC1=CCC(Cc2ccc3ccccc3c2)=C(OC)O1. The number of methoxy groups -OCH3 is 1. The van der Waals surface area contributed by atoms with Gasteiger partial charge in [0.05, 0.1) is 7.11 Å². The zero-order valence-electron chi connectivity index (χ0n) is 12.6. The summed E-state index contributed by atoms with van der Waals surface area (Å²) in [5, 5.41) is 2.55. The standard InChI is InChI=1S/C19H20O2/c1-3-18-11-10-17(19(20-2)21-18)13-14-8-9-15-6-4-5-7-16(15)12-14/h4-9,11-12H,3,10,13H2,1-2H3. The van der Waals surface area contributed by atoms with E-state index in [9.17, 15) is 0 Å². The first-order chi connectivity index (χ1) is 10.3. The number of allylic oxidation sites excluding steroid dienone is 3. The van der Waals surface area contributed by atoms with Crippen molar-refractivity contribution in [1.29, 1.82) is 0 Å². The van der Waals surface area contributed by atoms with Crippen LogP contribution in [-0.4, -0.2) is 7.11 Å². The maximum Gasteiger partial charge on any atom is 0.283 e. The Morgan fingerprint density at radius 3 is 2.67 bits per heavy atom. The molecule has 0 N–H and O–H groups in total. The highest BCUT2D eigenvalue weighted by Crippen LogP contribution is 2.27. The molecule has 1 aliphatic heterocycles. The first-order valence-corrected chi connectivity index (χ1v) is 7.40. The van der Waals surface area contributed by atoms with E-state index in [0.29, 0.717) is 5.95 Å². The number of hydrogen-bond donors (Lipinski definition) is 0. The van der Waals surface area contributed by atoms with Gasteiger partial charge in [-0.25, -0.2) is 0 Å². The van der Waals surface area contributed by atoms with Crippen LogP contribution < -0.4 is 0 Å². The van der Waals surface area contributed by atoms with Crippen LogP contribution in [-0.2, 0) is 15.9 Å². The first-order valence-electron chi connectivity index (χ1n) is 7.40. The van der Waals surface area contributed by atoms with Crippen molar-refractivity contribution in [2.75, 3.05) is 7.11 Å². The maximum absolute atomic E-state index is 5.78. The molecule has 0 radical (unpaired) electrons. The minimum Gasteiger partial charge on any atom is -0.468 e. The smallest absolute Gasteiger partial charge is 0.283 e. The number of ether oxygens (including phenoxy) is 2. The van der Waals surface area contributed by atoms with Crippen molar-refractivity contribution in [3.63, 3.8) is 0 Å². The number of rotatable bonds is 4. The van der Waals surface area contributed by atoms with Crippen molar-refractivity contribution in [3.05, 3.63) is 71.4 Å². The summed E-state index contributed by atoms with van der Waals surface area (Å²) in [6.45, 7) is 2.09. The van der Waals surface area contributed by atoms with Crippen molar-refractivity contribution >= 4 is 10.8 Å². The summed E-state index contributed by atoms with van der Waals surface area (Å²) < 4.78 is 11.2. The summed E-state index contributed by atoms with van der Waals surface area (Å²) >= 11 is 0. The van der Waals surface area contributed by atoms with Gasteiger partial charge in [0.1, 0.15) is 5.76 Å². The molecule has 21 heavy (non-hydrogen) atoms. The van der Waals surface area contributed by atoms with Gasteiger partial charge >= 0.3 is 0 Å². The quantitative estimate of drug-likeness (QED) is 0.788. The largest absolute Gasteiger partial charge is 0.468 e. The number of fused-ring (bicyclic) bond motifs is 1. The van der Waals surface area contributed by atoms with Gasteiger partial charge in [0.2, 0.25) is 0 Å². The van der Waals surface area contributed by atoms with E-state index in [4.69, 9.17) is 9.47 Å². The van der Waals surface area contributed by atoms with Gasteiger partial charge in [-0.3, -0.25) is 0 Å². The summed E-state index contributed by atoms with van der Waals surface area (Å²) in [6, 6.07) is 15.0. The van der Waals surface area contributed by atoms with E-state index in [0.717, 1.165) is 25.0 Å². The Balaban J connectivity index is 1.85. The van der Waals surface area contributed by atoms with Crippen molar-refractivity contribution in [2.45, 2.75) is 26.2 Å². The van der Waals surface area contributed by atoms with E-state index in [1.165, 1.54) is 21.9 Å². The zero-order valence-corrected chi connectivity index (χ0v) is 12.6. The molecule has 2 heteroatoms. The van der Waals surface area contributed by atoms with Crippen LogP contribution in [0.5, 0.6) is 0 Å². The lowest BCUT2D eigenvalue weighted by Crippen LogP contribution is -2.07. The molecule has 2 aromatic rings. The Kier molecular flexibility index (Phi) is 3.96. The van der Waals surface area contributed by atoms with Crippen LogP contribution in [0.15, 0.2) is 65.8 Å². The van der Waals surface area contributed by atoms with E-state index in [1.807, 2.05) is 0 Å². The minimum atomic E-state index is 0.669. The van der Waals surface area contributed by atoms with Crippen molar-refractivity contribution < 1.29 is 9.47 Å². The number of benzene rings is 2. The molecular formula is C19H20O2. The fraction of sp³-hybridized carbons (Fsp3) is 0.263. The van der Waals surface area contributed by atoms with E-state index in [2.05, 4.69) is 55.5 Å². The minimum absolute atomic E-state index is 0.669. The molecule has 108 valence electrons. The molecule has 0 saturated heterocycles. The fourth-order valence-corrected chi connectivity index (χ4v) is 2.70. The van der Waals surface area contributed by atoms with Gasteiger partial charge in [-0.2, -0.15) is 0 Å². The molecule has 0 aromatic heterocycles. The molecule has 0 bridgehead atoms. The van der Waals surface area contributed by atoms with Gasteiger partial charge in [0.15, 0.2) is 0 Å². The second kappa shape index (κ2) is 6.04. The van der Waals surface area contributed by atoms with Gasteiger partial charge in [0.25, 0.3) is 5.95 Å². The van der Waals surface area contributed by atoms with E-state index < -0.39 is 0 Å². The van der Waals surface area contributed by atoms with Crippen LogP contribution in [0, 0.1) is 0 Å². The topological polar surface area (TPSA) is 18.5 Å². The summed E-state index contributed by atoms with van der Waals surface area (Å²) in [4.78, 5) is 0. The Labute approximate surface area is 125 Å². The molecular weight excluding hydrogens is 260 g/mol. The Morgan fingerprint density at radius 1 is 1.10 bits per heavy atom. The highest BCUT2D eigenvalue weighted by molar-refractivity contribution is 5.83. The van der Waals surface area contributed by atoms with Gasteiger partial charge < -0.3 is 9.47 Å². The molecule has 0 unspecified atom stereocenters. The predicted octanol–water partition coefficient (Wildman–Crippen LogP) is 4.95. The average molecular weight is 280 g/mol. The molecule has 0 spiro atoms. The Morgan fingerprint density at radius 2 is 1.90 bits per heavy atom. The molecule has 2 aromatic carbocycles. The highest BCUT2D eigenvalue weighted by Gasteiger charge is 2.16. The Hall–Kier alpha value is -2.22. The molecule has 1 heterocycles. The maximum atomic E-state index is 5.78. The third-order valence-corrected chi connectivity index (χ3v) is 3.85. The van der Waals surface area contributed by atoms with Crippen LogP contribution >= 0.6 is 0 Å².